The molecule has 0 saturated heterocycles. The molecule has 0 fully saturated rings. The highest BCUT2D eigenvalue weighted by molar-refractivity contribution is 6.31. The highest BCUT2D eigenvalue weighted by atomic mass is 35.5. The molecule has 0 amide bonds. The van der Waals surface area contributed by atoms with Crippen molar-refractivity contribution in [1.29, 1.82) is 0 Å². The maximum atomic E-state index is 6.53. The summed E-state index contributed by atoms with van der Waals surface area (Å²) in [6, 6.07) is 14.6. The molecule has 0 aromatic heterocycles. The first-order valence-electron chi connectivity index (χ1n) is 7.48. The Balaban J connectivity index is 2.08. The van der Waals surface area contributed by atoms with Gasteiger partial charge in [0.05, 0.1) is 7.11 Å². The van der Waals surface area contributed by atoms with Crippen LogP contribution < -0.4 is 10.5 Å². The van der Waals surface area contributed by atoms with Gasteiger partial charge in [-0.2, -0.15) is 0 Å². The summed E-state index contributed by atoms with van der Waals surface area (Å²) in [5, 5.41) is 0.824. The third-order valence-corrected chi connectivity index (χ3v) is 4.87. The van der Waals surface area contributed by atoms with Gasteiger partial charge in [-0.25, -0.2) is 0 Å². The molecule has 1 aliphatic rings. The van der Waals surface area contributed by atoms with Crippen molar-refractivity contribution in [2.24, 2.45) is 5.73 Å². The molecule has 2 atom stereocenters. The summed E-state index contributed by atoms with van der Waals surface area (Å²) in [5.41, 5.74) is 9.68. The highest BCUT2D eigenvalue weighted by Crippen LogP contribution is 2.42. The topological polar surface area (TPSA) is 38.5 Å². The second kappa shape index (κ2) is 6.29. The second-order valence-corrected chi connectivity index (χ2v) is 6.17. The van der Waals surface area contributed by atoms with Crippen LogP contribution >= 0.6 is 11.6 Å². The quantitative estimate of drug-likeness (QED) is 0.943. The fourth-order valence-corrected chi connectivity index (χ4v) is 3.68. The largest absolute Gasteiger partial charge is 0.497 e. The van der Waals surface area contributed by atoms with Crippen molar-refractivity contribution in [3.63, 3.8) is 0 Å². The first-order chi connectivity index (χ1) is 10.7. The molecule has 3 rings (SSSR count). The zero-order valence-corrected chi connectivity index (χ0v) is 13.7. The van der Waals surface area contributed by atoms with Crippen LogP contribution in [0.4, 0.5) is 0 Å². The van der Waals surface area contributed by atoms with Gasteiger partial charge >= 0.3 is 0 Å². The number of halogens is 1. The first kappa shape index (κ1) is 15.3. The number of benzene rings is 2. The third kappa shape index (κ3) is 2.60. The smallest absolute Gasteiger partial charge is 0.118 e. The van der Waals surface area contributed by atoms with Gasteiger partial charge in [-0.05, 0) is 41.9 Å². The van der Waals surface area contributed by atoms with E-state index in [0.717, 1.165) is 17.3 Å². The number of nitrogens with zero attached hydrogens (tertiary/aromatic N) is 1. The van der Waals surface area contributed by atoms with Crippen molar-refractivity contribution >= 4 is 11.6 Å². The molecule has 0 bridgehead atoms. The van der Waals surface area contributed by atoms with E-state index in [9.17, 15) is 0 Å². The zero-order chi connectivity index (χ0) is 15.7. The van der Waals surface area contributed by atoms with E-state index in [1.54, 1.807) is 7.11 Å². The van der Waals surface area contributed by atoms with E-state index in [4.69, 9.17) is 22.1 Å². The maximum Gasteiger partial charge on any atom is 0.118 e. The summed E-state index contributed by atoms with van der Waals surface area (Å²) in [6.45, 7) is 1.50. The average molecular weight is 317 g/mol. The monoisotopic (exact) mass is 316 g/mol. The number of nitrogens with two attached hydrogens (primary N) is 1. The molecule has 3 nitrogen and oxygen atoms in total. The van der Waals surface area contributed by atoms with E-state index >= 15 is 0 Å². The van der Waals surface area contributed by atoms with Crippen molar-refractivity contribution in [2.75, 3.05) is 27.2 Å². The Morgan fingerprint density at radius 1 is 1.23 bits per heavy atom. The van der Waals surface area contributed by atoms with Gasteiger partial charge in [0.15, 0.2) is 0 Å². The minimum atomic E-state index is 0.225. The zero-order valence-electron chi connectivity index (χ0n) is 12.9. The van der Waals surface area contributed by atoms with Crippen LogP contribution in [0.15, 0.2) is 42.5 Å². The Hall–Kier alpha value is -1.55. The molecule has 2 aromatic carbocycles. The molecule has 2 aromatic rings. The minimum absolute atomic E-state index is 0.225. The summed E-state index contributed by atoms with van der Waals surface area (Å²) in [4.78, 5) is 2.31. The fourth-order valence-electron chi connectivity index (χ4n) is 3.37. The molecule has 1 aliphatic heterocycles. The van der Waals surface area contributed by atoms with Crippen molar-refractivity contribution < 1.29 is 4.74 Å². The number of ether oxygens (including phenoxy) is 1. The van der Waals surface area contributed by atoms with Crippen LogP contribution in [-0.4, -0.2) is 32.1 Å². The average Bonchev–Trinajstić information content (AvgIpc) is 2.54. The molecule has 22 heavy (non-hydrogen) atoms. The number of methoxy groups -OCH3 is 1. The Morgan fingerprint density at radius 3 is 2.59 bits per heavy atom. The van der Waals surface area contributed by atoms with Gasteiger partial charge in [0.2, 0.25) is 0 Å². The number of fused-ring (bicyclic) bond motifs is 1. The summed E-state index contributed by atoms with van der Waals surface area (Å²) < 4.78 is 5.25. The highest BCUT2D eigenvalue weighted by Gasteiger charge is 2.32. The minimum Gasteiger partial charge on any atom is -0.497 e. The van der Waals surface area contributed by atoms with Gasteiger partial charge in [-0.1, -0.05) is 35.9 Å². The Kier molecular flexibility index (Phi) is 4.39. The second-order valence-electron chi connectivity index (χ2n) is 5.76. The summed E-state index contributed by atoms with van der Waals surface area (Å²) >= 11 is 6.53. The van der Waals surface area contributed by atoms with Gasteiger partial charge in [0, 0.05) is 30.1 Å². The van der Waals surface area contributed by atoms with E-state index in [0.29, 0.717) is 6.54 Å². The Bertz CT molecular complexity index is 657. The number of hydrogen-bond donors (Lipinski definition) is 1. The van der Waals surface area contributed by atoms with E-state index in [1.165, 1.54) is 16.7 Å². The molecule has 0 saturated carbocycles. The van der Waals surface area contributed by atoms with Crippen LogP contribution in [0.5, 0.6) is 5.75 Å². The van der Waals surface area contributed by atoms with Gasteiger partial charge in [0.1, 0.15) is 5.75 Å². The normalized spacial score (nSPS) is 21.5. The van der Waals surface area contributed by atoms with Crippen LogP contribution in [0.2, 0.25) is 5.02 Å². The van der Waals surface area contributed by atoms with Gasteiger partial charge < -0.3 is 10.5 Å². The predicted molar refractivity (Wildman–Crippen MR) is 90.7 cm³/mol. The molecular formula is C18H21ClN2O. The number of likely N-dealkylation sites (N-methyl/N-ethyl adjacent to an activating group) is 1. The summed E-state index contributed by atoms with van der Waals surface area (Å²) in [5.74, 6) is 1.12. The SMILES string of the molecule is COc1ccc(C2CN(C)C(CN)c3cccc(Cl)c32)cc1. The molecule has 2 unspecified atom stereocenters. The fraction of sp³-hybridized carbons (Fsp3) is 0.333. The van der Waals surface area contributed by atoms with Crippen molar-refractivity contribution in [3.8, 4) is 5.75 Å². The van der Waals surface area contributed by atoms with E-state index < -0.39 is 0 Å². The maximum absolute atomic E-state index is 6.53. The lowest BCUT2D eigenvalue weighted by molar-refractivity contribution is 0.223. The van der Waals surface area contributed by atoms with Crippen LogP contribution in [0.3, 0.4) is 0 Å². The number of rotatable bonds is 3. The number of hydrogen-bond acceptors (Lipinski definition) is 3. The lowest BCUT2D eigenvalue weighted by Gasteiger charge is -2.39. The van der Waals surface area contributed by atoms with Crippen LogP contribution in [0.1, 0.15) is 28.7 Å². The Labute approximate surface area is 136 Å². The van der Waals surface area contributed by atoms with E-state index in [2.05, 4.69) is 30.1 Å². The lowest BCUT2D eigenvalue weighted by Crippen LogP contribution is -2.39. The van der Waals surface area contributed by atoms with Crippen molar-refractivity contribution in [1.82, 2.24) is 4.90 Å². The Morgan fingerprint density at radius 2 is 1.95 bits per heavy atom. The molecule has 0 aliphatic carbocycles. The van der Waals surface area contributed by atoms with Crippen LogP contribution in [0, 0.1) is 0 Å². The predicted octanol–water partition coefficient (Wildman–Crippen LogP) is 3.43. The molecule has 4 heteroatoms. The third-order valence-electron chi connectivity index (χ3n) is 4.54. The van der Waals surface area contributed by atoms with Gasteiger partial charge in [-0.3, -0.25) is 4.90 Å². The molecule has 2 N–H and O–H groups in total. The van der Waals surface area contributed by atoms with Crippen molar-refractivity contribution in [2.45, 2.75) is 12.0 Å². The molecule has 1 heterocycles. The summed E-state index contributed by atoms with van der Waals surface area (Å²) in [6.07, 6.45) is 0. The van der Waals surface area contributed by atoms with Gasteiger partial charge in [-0.15, -0.1) is 0 Å². The standard InChI is InChI=1S/C18H21ClN2O/c1-21-11-15(12-6-8-13(22-2)9-7-12)18-14(17(21)10-20)4-3-5-16(18)19/h3-9,15,17H,10-11,20H2,1-2H3. The van der Waals surface area contributed by atoms with Gasteiger partial charge in [0.25, 0.3) is 0 Å². The van der Waals surface area contributed by atoms with Crippen LogP contribution in [0.25, 0.3) is 0 Å². The van der Waals surface area contributed by atoms with Crippen molar-refractivity contribution in [3.05, 3.63) is 64.2 Å². The first-order valence-corrected chi connectivity index (χ1v) is 7.86. The lowest BCUT2D eigenvalue weighted by atomic mass is 9.81. The molecule has 0 radical (unpaired) electrons. The summed E-state index contributed by atoms with van der Waals surface area (Å²) in [7, 11) is 3.80. The molecule has 0 spiro atoms. The molecular weight excluding hydrogens is 296 g/mol. The van der Waals surface area contributed by atoms with Crippen LogP contribution in [-0.2, 0) is 0 Å². The van der Waals surface area contributed by atoms with E-state index in [1.807, 2.05) is 24.3 Å². The van der Waals surface area contributed by atoms with E-state index in [-0.39, 0.29) is 12.0 Å². The molecule has 116 valence electrons.